The molecule has 0 bridgehead atoms. The van der Waals surface area contributed by atoms with E-state index < -0.39 is 12.1 Å². The third kappa shape index (κ3) is 2.55. The molecule has 0 saturated heterocycles. The van der Waals surface area contributed by atoms with Crippen molar-refractivity contribution in [2.24, 2.45) is 4.90 Å². The molecule has 0 aliphatic carbocycles. The molecule has 9 heteroatoms. The van der Waals surface area contributed by atoms with Crippen LogP contribution in [0.1, 0.15) is 11.5 Å². The van der Waals surface area contributed by atoms with Crippen molar-refractivity contribution in [3.63, 3.8) is 0 Å². The summed E-state index contributed by atoms with van der Waals surface area (Å²) in [4.78, 5) is 10.3. The van der Waals surface area contributed by atoms with Crippen LogP contribution < -0.4 is 0 Å². The number of aromatic nitrogens is 3. The molecule has 0 fully saturated rings. The van der Waals surface area contributed by atoms with Gasteiger partial charge in [-0.25, -0.2) is 0 Å². The lowest BCUT2D eigenvalue weighted by Crippen LogP contribution is -2.04. The maximum absolute atomic E-state index is 12.2. The lowest BCUT2D eigenvalue weighted by molar-refractivity contribution is -0.159. The van der Waals surface area contributed by atoms with Gasteiger partial charge < -0.3 is 9.43 Å². The van der Waals surface area contributed by atoms with Gasteiger partial charge in [-0.1, -0.05) is 5.16 Å². The average Bonchev–Trinajstić information content (AvgIpc) is 2.79. The molecule has 0 saturated carbocycles. The summed E-state index contributed by atoms with van der Waals surface area (Å²) in [5.41, 5.74) is 0.754. The van der Waals surface area contributed by atoms with E-state index in [0.717, 1.165) is 0 Å². The summed E-state index contributed by atoms with van der Waals surface area (Å²) in [6.07, 6.45) is -1.96. The predicted octanol–water partition coefficient (Wildman–Crippen LogP) is 1.65. The van der Waals surface area contributed by atoms with Crippen molar-refractivity contribution >= 4 is 14.2 Å². The smallest absolute Gasteiger partial charge is 0.363 e. The van der Waals surface area contributed by atoms with E-state index in [1.54, 1.807) is 6.07 Å². The zero-order valence-electron chi connectivity index (χ0n) is 8.72. The number of rotatable bonds is 2. The summed E-state index contributed by atoms with van der Waals surface area (Å²) in [6, 6.07) is 2.99. The minimum atomic E-state index is -4.67. The van der Waals surface area contributed by atoms with Crippen LogP contribution in [0, 0.1) is 0 Å². The number of hydrogen-bond acceptors (Lipinski definition) is 5. The molecular weight excluding hydrogens is 248 g/mol. The molecule has 0 atom stereocenters. The predicted molar refractivity (Wildman–Crippen MR) is 55.9 cm³/mol. The van der Waals surface area contributed by atoms with Gasteiger partial charge in [-0.3, -0.25) is 4.98 Å². The normalized spacial score (nSPS) is 12.2. The van der Waals surface area contributed by atoms with Crippen LogP contribution in [0.25, 0.3) is 11.5 Å². The molecule has 2 radical (unpaired) electrons. The number of halogens is 3. The van der Waals surface area contributed by atoms with Crippen molar-refractivity contribution in [1.82, 2.24) is 15.1 Å². The van der Waals surface area contributed by atoms with Crippen LogP contribution >= 0.6 is 0 Å². The quantitative estimate of drug-likeness (QED) is 0.602. The second-order valence-electron chi connectivity index (χ2n) is 3.18. The van der Waals surface area contributed by atoms with Crippen LogP contribution in [0.3, 0.4) is 0 Å². The highest BCUT2D eigenvalue weighted by Gasteiger charge is 2.38. The van der Waals surface area contributed by atoms with Gasteiger partial charge in [0.2, 0.25) is 5.82 Å². The fourth-order valence-corrected chi connectivity index (χ4v) is 1.14. The molecule has 0 aliphatic heterocycles. The molecule has 90 valence electrons. The first-order valence-electron chi connectivity index (χ1n) is 4.61. The highest BCUT2D eigenvalue weighted by molar-refractivity contribution is 6.11. The Kier molecular flexibility index (Phi) is 3.13. The molecule has 0 N–H and O–H groups in total. The number of hydrogen-bond donors (Lipinski definition) is 0. The van der Waals surface area contributed by atoms with Crippen LogP contribution in [-0.2, 0) is 6.18 Å². The van der Waals surface area contributed by atoms with Crippen molar-refractivity contribution in [2.45, 2.75) is 6.18 Å². The van der Waals surface area contributed by atoms with E-state index in [2.05, 4.69) is 24.6 Å². The highest BCUT2D eigenvalue weighted by Crippen LogP contribution is 2.28. The van der Waals surface area contributed by atoms with Gasteiger partial charge in [0.05, 0.1) is 0 Å². The van der Waals surface area contributed by atoms with Gasteiger partial charge in [0.25, 0.3) is 7.98 Å². The minimum Gasteiger partial charge on any atom is -0.363 e. The standard InChI is InChI=1S/C9H4BF3N4O/c10-15-4-5-1-2-6(14-3-5)7-16-8(18-17-7)9(11,12)13/h1-4H. The summed E-state index contributed by atoms with van der Waals surface area (Å²) in [7, 11) is 4.94. The van der Waals surface area contributed by atoms with E-state index >= 15 is 0 Å². The van der Waals surface area contributed by atoms with Crippen LogP contribution in [0.15, 0.2) is 27.8 Å². The maximum Gasteiger partial charge on any atom is 0.471 e. The van der Waals surface area contributed by atoms with Crippen LogP contribution in [0.4, 0.5) is 13.2 Å². The van der Waals surface area contributed by atoms with E-state index in [9.17, 15) is 13.2 Å². The molecule has 0 spiro atoms. The van der Waals surface area contributed by atoms with Crippen molar-refractivity contribution in [2.75, 3.05) is 0 Å². The zero-order chi connectivity index (χ0) is 13.2. The SMILES string of the molecule is [B]N=Cc1ccc(-c2noc(C(F)(F)F)n2)nc1. The van der Waals surface area contributed by atoms with Crippen LogP contribution in [0.2, 0.25) is 0 Å². The van der Waals surface area contributed by atoms with Crippen LogP contribution in [0.5, 0.6) is 0 Å². The van der Waals surface area contributed by atoms with Gasteiger partial charge in [0, 0.05) is 18.0 Å². The van der Waals surface area contributed by atoms with Gasteiger partial charge in [-0.2, -0.15) is 18.2 Å². The third-order valence-electron chi connectivity index (χ3n) is 1.91. The lowest BCUT2D eigenvalue weighted by atomic mass is 10.2. The van der Waals surface area contributed by atoms with E-state index in [-0.39, 0.29) is 11.5 Å². The van der Waals surface area contributed by atoms with E-state index in [1.165, 1.54) is 18.5 Å². The monoisotopic (exact) mass is 252 g/mol. The Balaban J connectivity index is 2.29. The van der Waals surface area contributed by atoms with Crippen molar-refractivity contribution in [3.05, 3.63) is 29.8 Å². The topological polar surface area (TPSA) is 64.2 Å². The lowest BCUT2D eigenvalue weighted by Gasteiger charge is -1.96. The molecule has 2 aromatic rings. The Bertz CT molecular complexity index is 564. The average molecular weight is 252 g/mol. The Hall–Kier alpha value is -2.19. The summed E-state index contributed by atoms with van der Waals surface area (Å²) < 4.78 is 40.8. The summed E-state index contributed by atoms with van der Waals surface area (Å²) in [6.45, 7) is 0. The Labute approximate surface area is 100 Å². The largest absolute Gasteiger partial charge is 0.471 e. The minimum absolute atomic E-state index is 0.156. The summed E-state index contributed by atoms with van der Waals surface area (Å²) >= 11 is 0. The Morgan fingerprint density at radius 1 is 1.33 bits per heavy atom. The molecule has 0 unspecified atom stereocenters. The fraction of sp³-hybridized carbons (Fsp3) is 0.111. The van der Waals surface area contributed by atoms with E-state index in [1.807, 2.05) is 0 Å². The maximum atomic E-state index is 12.2. The van der Waals surface area contributed by atoms with Crippen molar-refractivity contribution in [1.29, 1.82) is 0 Å². The first-order chi connectivity index (χ1) is 8.50. The number of nitrogens with zero attached hydrogens (tertiary/aromatic N) is 4. The van der Waals surface area contributed by atoms with Gasteiger partial charge >= 0.3 is 12.1 Å². The molecular formula is C9H4BF3N4O. The molecule has 2 rings (SSSR count). The Morgan fingerprint density at radius 3 is 2.61 bits per heavy atom. The summed E-state index contributed by atoms with van der Waals surface area (Å²) in [5, 5.41) is 3.20. The molecule has 2 aromatic heterocycles. The van der Waals surface area contributed by atoms with Gasteiger partial charge in [0.15, 0.2) is 0 Å². The second-order valence-corrected chi connectivity index (χ2v) is 3.18. The van der Waals surface area contributed by atoms with E-state index in [0.29, 0.717) is 5.56 Å². The molecule has 0 aliphatic rings. The van der Waals surface area contributed by atoms with Gasteiger partial charge in [0.1, 0.15) is 5.69 Å². The third-order valence-corrected chi connectivity index (χ3v) is 1.91. The molecule has 2 heterocycles. The van der Waals surface area contributed by atoms with Crippen molar-refractivity contribution < 1.29 is 17.7 Å². The summed E-state index contributed by atoms with van der Waals surface area (Å²) in [5.74, 6) is -1.65. The number of alkyl halides is 3. The number of pyridine rings is 1. The Morgan fingerprint density at radius 2 is 2.11 bits per heavy atom. The van der Waals surface area contributed by atoms with E-state index in [4.69, 9.17) is 7.98 Å². The van der Waals surface area contributed by atoms with Gasteiger partial charge in [-0.15, -0.1) is 0 Å². The highest BCUT2D eigenvalue weighted by atomic mass is 19.4. The molecule has 0 aromatic carbocycles. The van der Waals surface area contributed by atoms with Gasteiger partial charge in [-0.05, 0) is 12.1 Å². The molecule has 0 amide bonds. The fourth-order valence-electron chi connectivity index (χ4n) is 1.14. The van der Waals surface area contributed by atoms with Crippen molar-refractivity contribution in [3.8, 4) is 11.5 Å². The zero-order valence-corrected chi connectivity index (χ0v) is 8.72. The second kappa shape index (κ2) is 4.59. The first-order valence-corrected chi connectivity index (χ1v) is 4.61. The molecule has 18 heavy (non-hydrogen) atoms. The molecule has 5 nitrogen and oxygen atoms in total. The van der Waals surface area contributed by atoms with Crippen LogP contribution in [-0.4, -0.2) is 29.3 Å². The first kappa shape index (κ1) is 12.3.